The second kappa shape index (κ2) is 8.12. The summed E-state index contributed by atoms with van der Waals surface area (Å²) in [5.74, 6) is -3.99. The average molecular weight is 344 g/mol. The fourth-order valence-electron chi connectivity index (χ4n) is 3.69. The molecule has 0 radical (unpaired) electrons. The van der Waals surface area contributed by atoms with Crippen LogP contribution in [0.5, 0.6) is 0 Å². The highest BCUT2D eigenvalue weighted by Crippen LogP contribution is 2.63. The second-order valence-electron chi connectivity index (χ2n) is 6.60. The van der Waals surface area contributed by atoms with Gasteiger partial charge in [-0.05, 0) is 31.1 Å². The van der Waals surface area contributed by atoms with Crippen LogP contribution in [0.3, 0.4) is 0 Å². The Morgan fingerprint density at radius 2 is 1.50 bits per heavy atom. The van der Waals surface area contributed by atoms with Gasteiger partial charge in [-0.2, -0.15) is 0 Å². The van der Waals surface area contributed by atoms with Crippen LogP contribution in [0.2, 0.25) is 0 Å². The first-order valence-electron chi connectivity index (χ1n) is 8.02. The molecule has 4 N–H and O–H groups in total. The van der Waals surface area contributed by atoms with Crippen molar-refractivity contribution >= 4 is 23.9 Å². The lowest BCUT2D eigenvalue weighted by Crippen LogP contribution is -2.31. The summed E-state index contributed by atoms with van der Waals surface area (Å²) in [6.45, 7) is 2.04. The molecule has 24 heavy (non-hydrogen) atoms. The molecule has 2 aliphatic carbocycles. The van der Waals surface area contributed by atoms with Gasteiger partial charge >= 0.3 is 23.9 Å². The van der Waals surface area contributed by atoms with Gasteiger partial charge in [-0.15, -0.1) is 0 Å². The van der Waals surface area contributed by atoms with Gasteiger partial charge in [0.1, 0.15) is 0 Å². The molecule has 4 unspecified atom stereocenters. The molecular weight excluding hydrogens is 320 g/mol. The Hall–Kier alpha value is -2.12. The number of aliphatic carboxylic acids is 4. The third-order valence-corrected chi connectivity index (χ3v) is 5.00. The zero-order valence-corrected chi connectivity index (χ0v) is 13.6. The Labute approximate surface area is 139 Å². The number of carboxylic acid groups (broad SMARTS) is 4. The van der Waals surface area contributed by atoms with E-state index in [4.69, 9.17) is 15.3 Å². The van der Waals surface area contributed by atoms with E-state index in [1.165, 1.54) is 0 Å². The van der Waals surface area contributed by atoms with Gasteiger partial charge in [0.05, 0.1) is 11.3 Å². The molecule has 2 saturated carbocycles. The maximum Gasteiger partial charge on any atom is 0.310 e. The van der Waals surface area contributed by atoms with Crippen molar-refractivity contribution in [3.8, 4) is 0 Å². The van der Waals surface area contributed by atoms with Crippen molar-refractivity contribution in [2.75, 3.05) is 0 Å². The molecule has 8 heteroatoms. The predicted octanol–water partition coefficient (Wildman–Crippen LogP) is 1.92. The molecule has 0 saturated heterocycles. The maximum atomic E-state index is 11.3. The molecule has 0 aromatic carbocycles. The van der Waals surface area contributed by atoms with Gasteiger partial charge in [-0.3, -0.25) is 19.2 Å². The van der Waals surface area contributed by atoms with E-state index in [1.807, 2.05) is 6.92 Å². The Kier molecular flexibility index (Phi) is 6.74. The summed E-state index contributed by atoms with van der Waals surface area (Å²) in [6.07, 6.45) is 3.35. The molecule has 0 heterocycles. The first kappa shape index (κ1) is 19.9. The summed E-state index contributed by atoms with van der Waals surface area (Å²) in [5.41, 5.74) is -0.943. The minimum absolute atomic E-state index is 0.0632. The van der Waals surface area contributed by atoms with Gasteiger partial charge in [0.25, 0.3) is 0 Å². The van der Waals surface area contributed by atoms with E-state index in [1.54, 1.807) is 0 Å². The van der Waals surface area contributed by atoms with Crippen LogP contribution in [0.1, 0.15) is 51.9 Å². The van der Waals surface area contributed by atoms with E-state index in [0.717, 1.165) is 19.3 Å². The fraction of sp³-hybridized carbons (Fsp3) is 0.750. The zero-order chi connectivity index (χ0) is 18.5. The van der Waals surface area contributed by atoms with Gasteiger partial charge < -0.3 is 20.4 Å². The lowest BCUT2D eigenvalue weighted by molar-refractivity contribution is -0.152. The standard InChI is InChI=1S/C11H16O4.C5H8O4/c1-6-3-2-4-7(6)11(10(14)15)5-8(11)9(12)13;6-4(7)2-1-3-5(8)9/h6-8H,2-5H2,1H3,(H,12,13)(H,14,15);1-3H2,(H,6,7)(H,8,9). The van der Waals surface area contributed by atoms with Crippen molar-refractivity contribution < 1.29 is 39.6 Å². The quantitative estimate of drug-likeness (QED) is 0.547. The van der Waals surface area contributed by atoms with Crippen molar-refractivity contribution in [2.45, 2.75) is 51.9 Å². The molecule has 0 amide bonds. The minimum atomic E-state index is -0.948. The van der Waals surface area contributed by atoms with Crippen LogP contribution < -0.4 is 0 Å². The molecule has 0 aliphatic heterocycles. The highest BCUT2D eigenvalue weighted by atomic mass is 16.4. The van der Waals surface area contributed by atoms with Crippen LogP contribution in [0.15, 0.2) is 0 Å². The smallest absolute Gasteiger partial charge is 0.310 e. The molecule has 4 atom stereocenters. The average Bonchev–Trinajstić information content (AvgIpc) is 3.08. The van der Waals surface area contributed by atoms with Crippen LogP contribution in [-0.4, -0.2) is 44.3 Å². The molecular formula is C16H24O8. The van der Waals surface area contributed by atoms with E-state index in [2.05, 4.69) is 0 Å². The van der Waals surface area contributed by atoms with Crippen molar-refractivity contribution in [1.29, 1.82) is 0 Å². The highest BCUT2D eigenvalue weighted by molar-refractivity contribution is 5.89. The third kappa shape index (κ3) is 4.69. The summed E-state index contributed by atoms with van der Waals surface area (Å²) in [4.78, 5) is 41.7. The molecule has 2 rings (SSSR count). The summed E-state index contributed by atoms with van der Waals surface area (Å²) >= 11 is 0. The van der Waals surface area contributed by atoms with E-state index in [-0.39, 0.29) is 25.2 Å². The molecule has 0 spiro atoms. The molecule has 8 nitrogen and oxygen atoms in total. The summed E-state index contributed by atoms with van der Waals surface area (Å²) in [6, 6.07) is 0. The Bertz CT molecular complexity index is 500. The Morgan fingerprint density at radius 1 is 0.958 bits per heavy atom. The van der Waals surface area contributed by atoms with E-state index >= 15 is 0 Å². The number of carboxylic acids is 4. The van der Waals surface area contributed by atoms with Crippen molar-refractivity contribution in [3.05, 3.63) is 0 Å². The SMILES string of the molecule is CC1CCCC1C1(C(=O)O)CC1C(=O)O.O=C(O)CCCC(=O)O. The Morgan fingerprint density at radius 3 is 1.79 bits per heavy atom. The summed E-state index contributed by atoms with van der Waals surface area (Å²) in [5, 5.41) is 34.2. The molecule has 0 aromatic rings. The second-order valence-corrected chi connectivity index (χ2v) is 6.60. The maximum absolute atomic E-state index is 11.3. The first-order chi connectivity index (χ1) is 11.1. The topological polar surface area (TPSA) is 149 Å². The molecule has 136 valence electrons. The Balaban J connectivity index is 0.000000277. The molecule has 2 fully saturated rings. The predicted molar refractivity (Wildman–Crippen MR) is 81.4 cm³/mol. The normalized spacial score (nSPS) is 30.8. The number of rotatable bonds is 7. The van der Waals surface area contributed by atoms with Crippen molar-refractivity contribution in [3.63, 3.8) is 0 Å². The van der Waals surface area contributed by atoms with Crippen LogP contribution in [0, 0.1) is 23.2 Å². The zero-order valence-electron chi connectivity index (χ0n) is 13.6. The summed E-state index contributed by atoms with van der Waals surface area (Å²) < 4.78 is 0. The van der Waals surface area contributed by atoms with Gasteiger partial charge in [0.2, 0.25) is 0 Å². The van der Waals surface area contributed by atoms with Gasteiger partial charge in [0, 0.05) is 12.8 Å². The number of hydrogen-bond donors (Lipinski definition) is 4. The van der Waals surface area contributed by atoms with Gasteiger partial charge in [0.15, 0.2) is 0 Å². The number of carbonyl (C=O) groups is 4. The van der Waals surface area contributed by atoms with Crippen molar-refractivity contribution in [1.82, 2.24) is 0 Å². The van der Waals surface area contributed by atoms with Crippen LogP contribution in [0.4, 0.5) is 0 Å². The number of hydrogen-bond acceptors (Lipinski definition) is 4. The molecule has 0 aromatic heterocycles. The third-order valence-electron chi connectivity index (χ3n) is 5.00. The van der Waals surface area contributed by atoms with Crippen LogP contribution >= 0.6 is 0 Å². The van der Waals surface area contributed by atoms with Gasteiger partial charge in [-0.25, -0.2) is 0 Å². The highest BCUT2D eigenvalue weighted by Gasteiger charge is 2.69. The lowest BCUT2D eigenvalue weighted by atomic mass is 9.80. The van der Waals surface area contributed by atoms with E-state index < -0.39 is 35.2 Å². The largest absolute Gasteiger partial charge is 0.481 e. The van der Waals surface area contributed by atoms with Gasteiger partial charge in [-0.1, -0.05) is 19.8 Å². The molecule has 0 bridgehead atoms. The van der Waals surface area contributed by atoms with E-state index in [9.17, 15) is 24.3 Å². The molecule has 2 aliphatic rings. The van der Waals surface area contributed by atoms with Crippen LogP contribution in [-0.2, 0) is 19.2 Å². The van der Waals surface area contributed by atoms with Crippen molar-refractivity contribution in [2.24, 2.45) is 23.2 Å². The van der Waals surface area contributed by atoms with Crippen LogP contribution in [0.25, 0.3) is 0 Å². The lowest BCUT2D eigenvalue weighted by Gasteiger charge is -2.23. The summed E-state index contributed by atoms with van der Waals surface area (Å²) in [7, 11) is 0. The van der Waals surface area contributed by atoms with E-state index in [0.29, 0.717) is 12.3 Å². The fourth-order valence-corrected chi connectivity index (χ4v) is 3.69. The first-order valence-corrected chi connectivity index (χ1v) is 8.02. The monoisotopic (exact) mass is 344 g/mol. The minimum Gasteiger partial charge on any atom is -0.481 e.